The quantitative estimate of drug-likeness (QED) is 0.182. The normalized spacial score (nSPS) is 22.1. The molecule has 5 atom stereocenters. The smallest absolute Gasteiger partial charge is 0.335 e. The lowest BCUT2D eigenvalue weighted by Crippen LogP contribution is -2.59. The van der Waals surface area contributed by atoms with Gasteiger partial charge in [-0.25, -0.2) is 9.78 Å². The van der Waals surface area contributed by atoms with Crippen molar-refractivity contribution in [3.05, 3.63) is 35.4 Å². The van der Waals surface area contributed by atoms with E-state index in [-0.39, 0.29) is 5.95 Å². The van der Waals surface area contributed by atoms with Crippen LogP contribution in [0.1, 0.15) is 11.1 Å². The lowest BCUT2D eigenvalue weighted by molar-refractivity contribution is -0.279. The van der Waals surface area contributed by atoms with E-state index >= 15 is 0 Å². The molecule has 0 unspecified atom stereocenters. The van der Waals surface area contributed by atoms with Crippen molar-refractivity contribution >= 4 is 34.3 Å². The number of nitrogens with zero attached hydrogens (tertiary/aromatic N) is 2. The summed E-state index contributed by atoms with van der Waals surface area (Å²) in [5.41, 5.74) is 15.4. The molecule has 0 aliphatic carbocycles. The van der Waals surface area contributed by atoms with Gasteiger partial charge in [0.25, 0.3) is 0 Å². The number of hydrogen-bond donors (Lipinski definition) is 8. The number of carboxylic acids is 1. The van der Waals surface area contributed by atoms with Gasteiger partial charge in [-0.3, -0.25) is 0 Å². The van der Waals surface area contributed by atoms with Gasteiger partial charge in [-0.15, -0.1) is 0 Å². The van der Waals surface area contributed by atoms with E-state index in [1.54, 1.807) is 21.3 Å². The maximum atomic E-state index is 10.4. The van der Waals surface area contributed by atoms with Crippen molar-refractivity contribution in [2.75, 3.05) is 38.1 Å². The Labute approximate surface area is 228 Å². The molecule has 15 nitrogen and oxygen atoms in total. The number of carbonyl (C=O) groups is 1. The van der Waals surface area contributed by atoms with Gasteiger partial charge in [0.2, 0.25) is 11.7 Å². The molecule has 4 rings (SSSR count). The van der Waals surface area contributed by atoms with Crippen molar-refractivity contribution in [1.29, 1.82) is 0 Å². The number of aliphatic hydroxyl groups excluding tert-OH is 4. The van der Waals surface area contributed by atoms with E-state index in [1.807, 2.05) is 31.2 Å². The molecule has 2 heterocycles. The molecular weight excluding hydrogens is 530 g/mol. The third-order valence-corrected chi connectivity index (χ3v) is 6.26. The molecule has 1 saturated heterocycles. The summed E-state index contributed by atoms with van der Waals surface area (Å²) in [5, 5.41) is 48.5. The van der Waals surface area contributed by atoms with Gasteiger partial charge in [-0.05, 0) is 24.1 Å². The molecule has 10 N–H and O–H groups in total. The molecule has 0 bridgehead atoms. The van der Waals surface area contributed by atoms with Gasteiger partial charge in [-0.2, -0.15) is 4.98 Å². The highest BCUT2D eigenvalue weighted by atomic mass is 16.6. The zero-order valence-electron chi connectivity index (χ0n) is 22.2. The second kappa shape index (κ2) is 12.8. The van der Waals surface area contributed by atoms with Crippen LogP contribution in [0.3, 0.4) is 0 Å². The van der Waals surface area contributed by atoms with Crippen LogP contribution in [0.15, 0.2) is 24.3 Å². The molecule has 1 aromatic heterocycles. The molecule has 218 valence electrons. The summed E-state index contributed by atoms with van der Waals surface area (Å²) in [6, 6.07) is 7.60. The fourth-order valence-electron chi connectivity index (χ4n) is 4.12. The van der Waals surface area contributed by atoms with Crippen LogP contribution in [0, 0.1) is 6.92 Å². The average molecular weight is 564 g/mol. The SMILES string of the molecule is COc1cc(NCc2ccc3nc(N)nc(N)c3c2C)cc(OC)c1OC.O=C(O)[C@H]1O[C@H](O)[C@H](O)[C@@H](O)[C@@H]1O. The molecule has 2 aromatic carbocycles. The van der Waals surface area contributed by atoms with Gasteiger partial charge in [0.1, 0.15) is 24.1 Å². The van der Waals surface area contributed by atoms with E-state index in [4.69, 9.17) is 51.2 Å². The zero-order chi connectivity index (χ0) is 29.7. The second-order valence-electron chi connectivity index (χ2n) is 8.74. The number of hydrogen-bond acceptors (Lipinski definition) is 14. The van der Waals surface area contributed by atoms with E-state index in [0.717, 1.165) is 27.7 Å². The van der Waals surface area contributed by atoms with Gasteiger partial charge in [-0.1, -0.05) is 6.07 Å². The van der Waals surface area contributed by atoms with Gasteiger partial charge >= 0.3 is 5.97 Å². The molecule has 1 aliphatic rings. The van der Waals surface area contributed by atoms with Crippen molar-refractivity contribution in [2.24, 2.45) is 0 Å². The van der Waals surface area contributed by atoms with Crippen molar-refractivity contribution in [2.45, 2.75) is 44.2 Å². The third-order valence-electron chi connectivity index (χ3n) is 6.26. The topological polar surface area (TPSA) is 245 Å². The number of fused-ring (bicyclic) bond motifs is 1. The highest BCUT2D eigenvalue weighted by Crippen LogP contribution is 2.40. The maximum absolute atomic E-state index is 10.4. The summed E-state index contributed by atoms with van der Waals surface area (Å²) in [7, 11) is 4.75. The minimum absolute atomic E-state index is 0.169. The molecule has 15 heteroatoms. The number of anilines is 3. The number of nitrogens with two attached hydrogens (primary N) is 2. The Morgan fingerprint density at radius 2 is 1.60 bits per heavy atom. The maximum Gasteiger partial charge on any atom is 0.335 e. The van der Waals surface area contributed by atoms with Crippen molar-refractivity contribution in [3.8, 4) is 17.2 Å². The molecule has 0 spiro atoms. The Bertz CT molecular complexity index is 1330. The first-order valence-corrected chi connectivity index (χ1v) is 11.9. The van der Waals surface area contributed by atoms with E-state index < -0.39 is 36.7 Å². The summed E-state index contributed by atoms with van der Waals surface area (Å²) in [5.74, 6) is 0.755. The highest BCUT2D eigenvalue weighted by Gasteiger charge is 2.46. The number of aromatic nitrogens is 2. The van der Waals surface area contributed by atoms with Gasteiger partial charge in [0.15, 0.2) is 23.9 Å². The lowest BCUT2D eigenvalue weighted by Gasteiger charge is -2.36. The number of aryl methyl sites for hydroxylation is 1. The highest BCUT2D eigenvalue weighted by molar-refractivity contribution is 5.92. The molecular formula is C25H33N5O10. The summed E-state index contributed by atoms with van der Waals surface area (Å²) in [4.78, 5) is 18.7. The summed E-state index contributed by atoms with van der Waals surface area (Å²) in [6.45, 7) is 2.56. The lowest BCUT2D eigenvalue weighted by atomic mass is 9.99. The van der Waals surface area contributed by atoms with E-state index in [9.17, 15) is 4.79 Å². The minimum Gasteiger partial charge on any atom is -0.493 e. The van der Waals surface area contributed by atoms with Gasteiger partial charge in [0.05, 0.1) is 26.8 Å². The average Bonchev–Trinajstić information content (AvgIpc) is 2.92. The van der Waals surface area contributed by atoms with Gasteiger partial charge in [0, 0.05) is 29.8 Å². The van der Waals surface area contributed by atoms with Gasteiger partial charge < -0.3 is 61.3 Å². The molecule has 1 aliphatic heterocycles. The predicted octanol–water partition coefficient (Wildman–Crippen LogP) is -0.389. The van der Waals surface area contributed by atoms with E-state index in [1.165, 1.54) is 0 Å². The third kappa shape index (κ3) is 6.35. The molecule has 40 heavy (non-hydrogen) atoms. The number of aliphatic carboxylic acids is 1. The van der Waals surface area contributed by atoms with Crippen LogP contribution in [0.4, 0.5) is 17.5 Å². The summed E-state index contributed by atoms with van der Waals surface area (Å²) in [6.07, 6.45) is -8.72. The molecule has 0 saturated carbocycles. The number of carboxylic acid groups (broad SMARTS) is 1. The van der Waals surface area contributed by atoms with Crippen molar-refractivity contribution in [1.82, 2.24) is 9.97 Å². The van der Waals surface area contributed by atoms with E-state index in [0.29, 0.717) is 29.6 Å². The fraction of sp³-hybridized carbons (Fsp3) is 0.400. The van der Waals surface area contributed by atoms with E-state index in [2.05, 4.69) is 20.0 Å². The van der Waals surface area contributed by atoms with Crippen LogP contribution in [0.5, 0.6) is 17.2 Å². The summed E-state index contributed by atoms with van der Waals surface area (Å²) < 4.78 is 20.5. The predicted molar refractivity (Wildman–Crippen MR) is 143 cm³/mol. The number of methoxy groups -OCH3 is 3. The summed E-state index contributed by atoms with van der Waals surface area (Å²) >= 11 is 0. The van der Waals surface area contributed by atoms with Crippen LogP contribution in [0.25, 0.3) is 10.9 Å². The first kappa shape index (κ1) is 30.4. The van der Waals surface area contributed by atoms with Crippen LogP contribution >= 0.6 is 0 Å². The van der Waals surface area contributed by atoms with Crippen LogP contribution < -0.4 is 31.0 Å². The Hall–Kier alpha value is -4.15. The van der Waals surface area contributed by atoms with Crippen molar-refractivity contribution < 1.29 is 49.3 Å². The number of rotatable bonds is 7. The Kier molecular flexibility index (Phi) is 9.73. The Morgan fingerprint density at radius 3 is 2.15 bits per heavy atom. The molecule has 0 amide bonds. The monoisotopic (exact) mass is 563 g/mol. The fourth-order valence-corrected chi connectivity index (χ4v) is 4.12. The Morgan fingerprint density at radius 1 is 0.975 bits per heavy atom. The van der Waals surface area contributed by atoms with Crippen LogP contribution in [-0.2, 0) is 16.1 Å². The number of benzene rings is 2. The number of nitrogens with one attached hydrogen (secondary N) is 1. The molecule has 1 fully saturated rings. The number of nitrogen functional groups attached to an aromatic ring is 2. The second-order valence-corrected chi connectivity index (χ2v) is 8.74. The number of ether oxygens (including phenoxy) is 4. The molecule has 0 radical (unpaired) electrons. The largest absolute Gasteiger partial charge is 0.493 e. The first-order chi connectivity index (χ1) is 18.9. The van der Waals surface area contributed by atoms with Crippen molar-refractivity contribution in [3.63, 3.8) is 0 Å². The first-order valence-electron chi connectivity index (χ1n) is 11.9. The molecule has 3 aromatic rings. The van der Waals surface area contributed by atoms with Crippen LogP contribution in [0.2, 0.25) is 0 Å². The zero-order valence-corrected chi connectivity index (χ0v) is 22.2. The minimum atomic E-state index is -1.81. The van der Waals surface area contributed by atoms with Crippen LogP contribution in [-0.4, -0.2) is 93.5 Å². The number of aliphatic hydroxyl groups is 4. The standard InChI is InChI=1S/C19H23N5O3.C6H10O7/c1-10-11(5-6-13-16(10)18(20)24-19(21)23-13)9-22-12-7-14(25-2)17(27-4)15(8-12)26-3;7-1-2(8)4(5(10)11)13-6(12)3(1)9/h5-8,22H,9H2,1-4H3,(H4,20,21,23,24);1-4,6-9,12H,(H,10,11)/t;1-,2-,3+,4-,6-/m.0/s1. The Balaban J connectivity index is 0.000000285.